The summed E-state index contributed by atoms with van der Waals surface area (Å²) < 4.78 is 46.2. The molecule has 2 rings (SSSR count). The molecular weight excluding hydrogens is 317 g/mol. The maximum Gasteiger partial charge on any atom is 0.212 e. The summed E-state index contributed by atoms with van der Waals surface area (Å²) in [5.74, 6) is 0.238. The highest BCUT2D eigenvalue weighted by Gasteiger charge is 2.28. The third-order valence-corrected chi connectivity index (χ3v) is 5.42. The van der Waals surface area contributed by atoms with E-state index in [1.807, 2.05) is 0 Å². The van der Waals surface area contributed by atoms with Crippen molar-refractivity contribution in [1.29, 1.82) is 0 Å². The molecule has 1 aliphatic carbocycles. The summed E-state index contributed by atoms with van der Waals surface area (Å²) in [4.78, 5) is 0. The second-order valence-corrected chi connectivity index (χ2v) is 8.36. The van der Waals surface area contributed by atoms with Crippen LogP contribution in [0.5, 0.6) is 5.75 Å². The van der Waals surface area contributed by atoms with Gasteiger partial charge in [-0.3, -0.25) is 0 Å². The highest BCUT2D eigenvalue weighted by atomic mass is 32.2. The van der Waals surface area contributed by atoms with Crippen molar-refractivity contribution in [3.8, 4) is 5.75 Å². The van der Waals surface area contributed by atoms with Gasteiger partial charge in [-0.25, -0.2) is 17.5 Å². The zero-order valence-electron chi connectivity index (χ0n) is 13.6. The van der Waals surface area contributed by atoms with E-state index < -0.39 is 21.4 Å². The lowest BCUT2D eigenvalue weighted by Gasteiger charge is -2.27. The third kappa shape index (κ3) is 5.32. The van der Waals surface area contributed by atoms with Crippen LogP contribution >= 0.6 is 0 Å². The molecule has 0 unspecified atom stereocenters. The van der Waals surface area contributed by atoms with Gasteiger partial charge in [0.15, 0.2) is 11.6 Å². The molecule has 0 saturated heterocycles. The average molecular weight is 341 g/mol. The van der Waals surface area contributed by atoms with E-state index in [9.17, 15) is 12.8 Å². The van der Waals surface area contributed by atoms with Gasteiger partial charge < -0.3 is 4.74 Å². The SMILES string of the molecule is C=CCCS(=O)(=O)NC(C)(C)c1ccc(F)c(OCC2CC2)c1. The summed E-state index contributed by atoms with van der Waals surface area (Å²) in [6.07, 6.45) is 4.18. The summed E-state index contributed by atoms with van der Waals surface area (Å²) in [5.41, 5.74) is -0.197. The molecule has 1 aromatic rings. The molecule has 1 aromatic carbocycles. The molecule has 1 saturated carbocycles. The number of hydrogen-bond acceptors (Lipinski definition) is 3. The molecular formula is C17H24FNO3S. The number of halogens is 1. The highest BCUT2D eigenvalue weighted by molar-refractivity contribution is 7.89. The normalized spacial score (nSPS) is 15.4. The molecule has 0 aliphatic heterocycles. The lowest BCUT2D eigenvalue weighted by Crippen LogP contribution is -2.42. The van der Waals surface area contributed by atoms with Gasteiger partial charge in [-0.15, -0.1) is 6.58 Å². The van der Waals surface area contributed by atoms with E-state index in [4.69, 9.17) is 4.74 Å². The molecule has 0 amide bonds. The Balaban J connectivity index is 2.14. The van der Waals surface area contributed by atoms with Gasteiger partial charge in [-0.2, -0.15) is 0 Å². The van der Waals surface area contributed by atoms with Crippen molar-refractivity contribution < 1.29 is 17.5 Å². The zero-order valence-corrected chi connectivity index (χ0v) is 14.5. The summed E-state index contributed by atoms with van der Waals surface area (Å²) in [6, 6.07) is 4.47. The second kappa shape index (κ2) is 7.01. The fourth-order valence-electron chi connectivity index (χ4n) is 2.23. The molecule has 0 atom stereocenters. The maximum absolute atomic E-state index is 13.9. The number of hydrogen-bond donors (Lipinski definition) is 1. The van der Waals surface area contributed by atoms with E-state index in [-0.39, 0.29) is 11.5 Å². The minimum Gasteiger partial charge on any atom is -0.490 e. The number of rotatable bonds is 9. The molecule has 4 nitrogen and oxygen atoms in total. The average Bonchev–Trinajstić information content (AvgIpc) is 3.27. The van der Waals surface area contributed by atoms with Crippen LogP contribution in [0.25, 0.3) is 0 Å². The van der Waals surface area contributed by atoms with E-state index in [0.29, 0.717) is 24.5 Å². The van der Waals surface area contributed by atoms with E-state index in [2.05, 4.69) is 11.3 Å². The largest absolute Gasteiger partial charge is 0.490 e. The molecule has 1 aliphatic rings. The number of sulfonamides is 1. The molecule has 1 N–H and O–H groups in total. The molecule has 0 spiro atoms. The van der Waals surface area contributed by atoms with Crippen molar-refractivity contribution >= 4 is 10.0 Å². The molecule has 0 heterocycles. The van der Waals surface area contributed by atoms with E-state index in [0.717, 1.165) is 12.8 Å². The molecule has 0 aromatic heterocycles. The van der Waals surface area contributed by atoms with E-state index in [1.165, 1.54) is 6.07 Å². The van der Waals surface area contributed by atoms with Crippen LogP contribution in [0.3, 0.4) is 0 Å². The first-order valence-electron chi connectivity index (χ1n) is 7.79. The van der Waals surface area contributed by atoms with Crippen LogP contribution in [0.4, 0.5) is 4.39 Å². The summed E-state index contributed by atoms with van der Waals surface area (Å²) in [7, 11) is -3.44. The fraction of sp³-hybridized carbons (Fsp3) is 0.529. The Hall–Kier alpha value is -1.40. The minimum atomic E-state index is -3.44. The maximum atomic E-state index is 13.9. The van der Waals surface area contributed by atoms with Crippen molar-refractivity contribution in [3.05, 3.63) is 42.2 Å². The highest BCUT2D eigenvalue weighted by Crippen LogP contribution is 2.32. The molecule has 1 fully saturated rings. The Labute approximate surface area is 137 Å². The predicted octanol–water partition coefficient (Wildman–Crippen LogP) is 3.35. The Morgan fingerprint density at radius 1 is 1.43 bits per heavy atom. The van der Waals surface area contributed by atoms with Crippen molar-refractivity contribution in [2.75, 3.05) is 12.4 Å². The van der Waals surface area contributed by atoms with Crippen molar-refractivity contribution in [1.82, 2.24) is 4.72 Å². The van der Waals surface area contributed by atoms with Gasteiger partial charge in [0.25, 0.3) is 0 Å². The summed E-state index contributed by atoms with van der Waals surface area (Å²) in [5, 5.41) is 0. The number of nitrogens with one attached hydrogen (secondary N) is 1. The molecule has 6 heteroatoms. The molecule has 0 bridgehead atoms. The quantitative estimate of drug-likeness (QED) is 0.701. The fourth-order valence-corrected chi connectivity index (χ4v) is 3.71. The lowest BCUT2D eigenvalue weighted by atomic mass is 9.95. The predicted molar refractivity (Wildman–Crippen MR) is 89.4 cm³/mol. The van der Waals surface area contributed by atoms with Gasteiger partial charge in [-0.1, -0.05) is 12.1 Å². The summed E-state index contributed by atoms with van der Waals surface area (Å²) >= 11 is 0. The van der Waals surface area contributed by atoms with E-state index >= 15 is 0 Å². The monoisotopic (exact) mass is 341 g/mol. The van der Waals surface area contributed by atoms with Crippen molar-refractivity contribution in [2.45, 2.75) is 38.6 Å². The van der Waals surface area contributed by atoms with Gasteiger partial charge in [-0.05, 0) is 56.7 Å². The Kier molecular flexibility index (Phi) is 5.47. The second-order valence-electron chi connectivity index (χ2n) is 6.52. The standard InChI is InChI=1S/C17H24FNO3S/c1-4-5-10-23(20,21)19-17(2,3)14-8-9-15(18)16(11-14)22-12-13-6-7-13/h4,8-9,11,13,19H,1,5-7,10,12H2,2-3H3. The van der Waals surface area contributed by atoms with Gasteiger partial charge in [0, 0.05) is 0 Å². The van der Waals surface area contributed by atoms with Crippen molar-refractivity contribution in [3.63, 3.8) is 0 Å². The van der Waals surface area contributed by atoms with Gasteiger partial charge in [0.2, 0.25) is 10.0 Å². The van der Waals surface area contributed by atoms with Crippen LogP contribution in [0.2, 0.25) is 0 Å². The lowest BCUT2D eigenvalue weighted by molar-refractivity contribution is 0.284. The Bertz CT molecular complexity index is 666. The molecule has 0 radical (unpaired) electrons. The molecule has 128 valence electrons. The Morgan fingerprint density at radius 3 is 2.74 bits per heavy atom. The third-order valence-electron chi connectivity index (χ3n) is 3.83. The minimum absolute atomic E-state index is 0.0217. The first-order chi connectivity index (χ1) is 10.7. The van der Waals surface area contributed by atoms with Gasteiger partial charge in [0.05, 0.1) is 17.9 Å². The van der Waals surface area contributed by atoms with Crippen LogP contribution in [0.1, 0.15) is 38.7 Å². The smallest absolute Gasteiger partial charge is 0.212 e. The first-order valence-corrected chi connectivity index (χ1v) is 9.44. The van der Waals surface area contributed by atoms with Crippen LogP contribution in [0.15, 0.2) is 30.9 Å². The number of ether oxygens (including phenoxy) is 1. The van der Waals surface area contributed by atoms with Crippen LogP contribution < -0.4 is 9.46 Å². The number of allylic oxidation sites excluding steroid dienone is 1. The Morgan fingerprint density at radius 2 is 2.13 bits per heavy atom. The summed E-state index contributed by atoms with van der Waals surface area (Å²) in [6.45, 7) is 7.53. The van der Waals surface area contributed by atoms with Crippen molar-refractivity contribution in [2.24, 2.45) is 5.92 Å². The first kappa shape index (κ1) is 17.9. The zero-order chi connectivity index (χ0) is 17.1. The topological polar surface area (TPSA) is 55.4 Å². The van der Waals surface area contributed by atoms with Crippen LogP contribution in [0, 0.1) is 11.7 Å². The van der Waals surface area contributed by atoms with E-state index in [1.54, 1.807) is 32.1 Å². The van der Waals surface area contributed by atoms with Crippen LogP contribution in [-0.4, -0.2) is 20.8 Å². The van der Waals surface area contributed by atoms with Gasteiger partial charge in [0.1, 0.15) is 0 Å². The van der Waals surface area contributed by atoms with Crippen LogP contribution in [-0.2, 0) is 15.6 Å². The molecule has 23 heavy (non-hydrogen) atoms. The van der Waals surface area contributed by atoms with Gasteiger partial charge >= 0.3 is 0 Å². The number of benzene rings is 1.